The monoisotopic (exact) mass is 213 g/mol. The fraction of sp³-hybridized carbons (Fsp3) is 0.300. The van der Waals surface area contributed by atoms with E-state index in [4.69, 9.17) is 5.73 Å². The maximum Gasteiger partial charge on any atom is 0.219 e. The molecule has 1 aromatic heterocycles. The molecule has 0 saturated heterocycles. The summed E-state index contributed by atoms with van der Waals surface area (Å²) in [5.41, 5.74) is 5.56. The minimum absolute atomic E-state index is 0.00852. The zero-order valence-electron chi connectivity index (χ0n) is 8.88. The van der Waals surface area contributed by atoms with E-state index in [1.807, 2.05) is 13.8 Å². The summed E-state index contributed by atoms with van der Waals surface area (Å²) in [5.74, 6) is -1.18. The number of halogens is 2. The molecule has 2 N–H and O–H groups in total. The van der Waals surface area contributed by atoms with Crippen LogP contribution >= 0.6 is 0 Å². The van der Waals surface area contributed by atoms with Gasteiger partial charge in [0.15, 0.2) is 5.82 Å². The Morgan fingerprint density at radius 3 is 2.47 bits per heavy atom. The Kier molecular flexibility index (Phi) is 3.24. The predicted octanol–water partition coefficient (Wildman–Crippen LogP) is 2.46. The van der Waals surface area contributed by atoms with Gasteiger partial charge in [-0.15, -0.1) is 0 Å². The van der Waals surface area contributed by atoms with E-state index in [-0.39, 0.29) is 16.6 Å². The summed E-state index contributed by atoms with van der Waals surface area (Å²) < 4.78 is 27.3. The van der Waals surface area contributed by atoms with Crippen molar-refractivity contribution in [3.05, 3.63) is 23.9 Å². The first-order valence-corrected chi connectivity index (χ1v) is 4.67. The van der Waals surface area contributed by atoms with Crippen LogP contribution in [0.4, 0.5) is 14.5 Å². The number of anilines is 1. The molecular weight excluding hydrogens is 200 g/mol. The summed E-state index contributed by atoms with van der Waals surface area (Å²) in [6.45, 7) is 4.00. The van der Waals surface area contributed by atoms with E-state index in [1.165, 1.54) is 13.1 Å². The van der Waals surface area contributed by atoms with E-state index in [9.17, 15) is 8.78 Å². The van der Waals surface area contributed by atoms with Crippen molar-refractivity contribution in [1.82, 2.24) is 9.78 Å². The van der Waals surface area contributed by atoms with Crippen molar-refractivity contribution in [2.45, 2.75) is 13.8 Å². The van der Waals surface area contributed by atoms with Gasteiger partial charge in [0, 0.05) is 12.7 Å². The Labute approximate surface area is 86.5 Å². The van der Waals surface area contributed by atoms with Gasteiger partial charge in [-0.3, -0.25) is 0 Å². The first-order chi connectivity index (χ1) is 7.09. The van der Waals surface area contributed by atoms with Gasteiger partial charge in [-0.1, -0.05) is 13.8 Å². The third-order valence-corrected chi connectivity index (χ3v) is 1.84. The number of nitrogen functional groups attached to an aromatic ring is 1. The summed E-state index contributed by atoms with van der Waals surface area (Å²) >= 11 is 0. The molecule has 0 aliphatic rings. The van der Waals surface area contributed by atoms with Crippen molar-refractivity contribution in [3.8, 4) is 0 Å². The molecule has 0 spiro atoms. The highest BCUT2D eigenvalue weighted by molar-refractivity contribution is 5.82. The average Bonchev–Trinajstić information content (AvgIpc) is 2.49. The molecule has 2 rings (SSSR count). The van der Waals surface area contributed by atoms with Crippen LogP contribution in [0.2, 0.25) is 0 Å². The van der Waals surface area contributed by atoms with Crippen molar-refractivity contribution < 1.29 is 8.78 Å². The Hall–Kier alpha value is -1.65. The van der Waals surface area contributed by atoms with Crippen LogP contribution < -0.4 is 5.73 Å². The van der Waals surface area contributed by atoms with Crippen LogP contribution in [-0.4, -0.2) is 9.78 Å². The van der Waals surface area contributed by atoms with Crippen LogP contribution in [-0.2, 0) is 7.05 Å². The van der Waals surface area contributed by atoms with Crippen LogP contribution in [0.1, 0.15) is 13.8 Å². The summed E-state index contributed by atoms with van der Waals surface area (Å²) in [6.07, 6.45) is 0. The number of aromatic nitrogens is 2. The summed E-state index contributed by atoms with van der Waals surface area (Å²) in [6, 6.07) is 2.48. The second-order valence-electron chi connectivity index (χ2n) is 2.81. The fourth-order valence-corrected chi connectivity index (χ4v) is 1.25. The molecule has 82 valence electrons. The van der Waals surface area contributed by atoms with Crippen LogP contribution in [0, 0.1) is 11.8 Å². The molecule has 0 atom stereocenters. The maximum absolute atomic E-state index is 13.2. The van der Waals surface area contributed by atoms with Gasteiger partial charge < -0.3 is 5.73 Å². The lowest BCUT2D eigenvalue weighted by atomic mass is 10.2. The SMILES string of the molecule is CC.Cn1nc2c(F)cc(N)cc2c1F. The number of benzene rings is 1. The third kappa shape index (κ3) is 1.91. The molecule has 1 heterocycles. The largest absolute Gasteiger partial charge is 0.399 e. The number of hydrogen-bond donors (Lipinski definition) is 1. The molecule has 0 bridgehead atoms. The van der Waals surface area contributed by atoms with Gasteiger partial charge in [-0.25, -0.2) is 9.07 Å². The molecule has 1 aromatic carbocycles. The van der Waals surface area contributed by atoms with E-state index in [1.54, 1.807) is 0 Å². The lowest BCUT2D eigenvalue weighted by Crippen LogP contribution is -1.92. The third-order valence-electron chi connectivity index (χ3n) is 1.84. The number of fused-ring (bicyclic) bond motifs is 1. The molecule has 0 saturated carbocycles. The lowest BCUT2D eigenvalue weighted by Gasteiger charge is -1.93. The summed E-state index contributed by atoms with van der Waals surface area (Å²) in [5, 5.41) is 3.78. The number of aryl methyl sites for hydroxylation is 1. The highest BCUT2D eigenvalue weighted by Gasteiger charge is 2.12. The van der Waals surface area contributed by atoms with Crippen molar-refractivity contribution in [2.24, 2.45) is 7.05 Å². The van der Waals surface area contributed by atoms with Gasteiger partial charge in [-0.2, -0.15) is 9.49 Å². The molecule has 0 aliphatic carbocycles. The van der Waals surface area contributed by atoms with Crippen molar-refractivity contribution in [1.29, 1.82) is 0 Å². The van der Waals surface area contributed by atoms with E-state index in [0.717, 1.165) is 10.7 Å². The molecule has 0 amide bonds. The Morgan fingerprint density at radius 1 is 1.27 bits per heavy atom. The molecule has 5 heteroatoms. The van der Waals surface area contributed by atoms with E-state index in [2.05, 4.69) is 5.10 Å². The van der Waals surface area contributed by atoms with E-state index < -0.39 is 11.8 Å². The van der Waals surface area contributed by atoms with Crippen molar-refractivity contribution in [2.75, 3.05) is 5.73 Å². The number of rotatable bonds is 0. The van der Waals surface area contributed by atoms with Crippen LogP contribution in [0.5, 0.6) is 0 Å². The zero-order chi connectivity index (χ0) is 11.6. The molecule has 0 radical (unpaired) electrons. The second kappa shape index (κ2) is 4.25. The standard InChI is InChI=1S/C8H7F2N3.C2H6/c1-13-8(10)5-2-4(11)3-6(9)7(5)12-13;1-2/h2-3H,11H2,1H3;1-2H3. The van der Waals surface area contributed by atoms with Gasteiger partial charge >= 0.3 is 0 Å². The number of hydrogen-bond acceptors (Lipinski definition) is 2. The van der Waals surface area contributed by atoms with Crippen LogP contribution in [0.3, 0.4) is 0 Å². The van der Waals surface area contributed by atoms with E-state index >= 15 is 0 Å². The number of nitrogens with two attached hydrogens (primary N) is 1. The first kappa shape index (κ1) is 11.4. The van der Waals surface area contributed by atoms with Gasteiger partial charge in [-0.05, 0) is 12.1 Å². The van der Waals surface area contributed by atoms with E-state index in [0.29, 0.717) is 0 Å². The quantitative estimate of drug-likeness (QED) is 0.683. The minimum Gasteiger partial charge on any atom is -0.399 e. The summed E-state index contributed by atoms with van der Waals surface area (Å²) in [7, 11) is 1.41. The zero-order valence-corrected chi connectivity index (χ0v) is 8.88. The highest BCUT2D eigenvalue weighted by Crippen LogP contribution is 2.22. The Bertz CT molecular complexity index is 477. The second-order valence-corrected chi connectivity index (χ2v) is 2.81. The van der Waals surface area contributed by atoms with Gasteiger partial charge in [0.05, 0.1) is 5.39 Å². The smallest absolute Gasteiger partial charge is 0.219 e. The lowest BCUT2D eigenvalue weighted by molar-refractivity contribution is 0.511. The van der Waals surface area contributed by atoms with Crippen molar-refractivity contribution >= 4 is 16.6 Å². The minimum atomic E-state index is -0.602. The molecule has 0 aliphatic heterocycles. The predicted molar refractivity (Wildman–Crippen MR) is 56.4 cm³/mol. The maximum atomic E-state index is 13.2. The normalized spacial score (nSPS) is 9.93. The Morgan fingerprint density at radius 2 is 1.87 bits per heavy atom. The molecular formula is C10H13F2N3. The molecule has 0 fully saturated rings. The fourth-order valence-electron chi connectivity index (χ4n) is 1.25. The summed E-state index contributed by atoms with van der Waals surface area (Å²) in [4.78, 5) is 0. The van der Waals surface area contributed by atoms with Crippen LogP contribution in [0.15, 0.2) is 12.1 Å². The first-order valence-electron chi connectivity index (χ1n) is 4.67. The topological polar surface area (TPSA) is 43.8 Å². The highest BCUT2D eigenvalue weighted by atomic mass is 19.1. The van der Waals surface area contributed by atoms with Crippen molar-refractivity contribution in [3.63, 3.8) is 0 Å². The van der Waals surface area contributed by atoms with Gasteiger partial charge in [0.1, 0.15) is 5.52 Å². The molecule has 2 aromatic rings. The molecule has 3 nitrogen and oxygen atoms in total. The Balaban J connectivity index is 0.000000531. The van der Waals surface area contributed by atoms with Crippen LogP contribution in [0.25, 0.3) is 10.9 Å². The van der Waals surface area contributed by atoms with Gasteiger partial charge in [0.25, 0.3) is 0 Å². The molecule has 0 unspecified atom stereocenters. The van der Waals surface area contributed by atoms with Gasteiger partial charge in [0.2, 0.25) is 5.95 Å². The molecule has 15 heavy (non-hydrogen) atoms. The number of nitrogens with zero attached hydrogens (tertiary/aromatic N) is 2. The average molecular weight is 213 g/mol.